The Morgan fingerprint density at radius 3 is 2.48 bits per heavy atom. The number of carbonyl (C=O) groups excluding carboxylic acids is 2. The topological polar surface area (TPSA) is 52.7 Å². The van der Waals surface area contributed by atoms with E-state index in [0.717, 1.165) is 29.9 Å². The highest BCUT2D eigenvalue weighted by Gasteiger charge is 2.21. The van der Waals surface area contributed by atoms with Gasteiger partial charge in [0, 0.05) is 36.9 Å². The van der Waals surface area contributed by atoms with E-state index in [1.807, 2.05) is 55.5 Å². The molecule has 0 spiro atoms. The minimum absolute atomic E-state index is 0.0427. The number of nitrogens with one attached hydrogen (secondary N) is 1. The summed E-state index contributed by atoms with van der Waals surface area (Å²) in [7, 11) is 0. The molecule has 1 aliphatic heterocycles. The molecule has 1 aliphatic rings. The number of anilines is 1. The zero-order chi connectivity index (χ0) is 19.2. The van der Waals surface area contributed by atoms with E-state index in [1.165, 1.54) is 0 Å². The lowest BCUT2D eigenvalue weighted by molar-refractivity contribution is -0.133. The Morgan fingerprint density at radius 2 is 1.78 bits per heavy atom. The van der Waals surface area contributed by atoms with Gasteiger partial charge in [-0.25, -0.2) is 0 Å². The molecule has 27 heavy (non-hydrogen) atoms. The van der Waals surface area contributed by atoms with E-state index in [4.69, 9.17) is 11.6 Å². The predicted molar refractivity (Wildman–Crippen MR) is 108 cm³/mol. The Bertz CT molecular complexity index is 817. The summed E-state index contributed by atoms with van der Waals surface area (Å²) in [6.45, 7) is 4.81. The first-order chi connectivity index (χ1) is 13.0. The van der Waals surface area contributed by atoms with E-state index in [2.05, 4.69) is 10.2 Å². The molecule has 2 aromatic rings. The smallest absolute Gasteiger partial charge is 0.242 e. The molecule has 1 saturated heterocycles. The van der Waals surface area contributed by atoms with Crippen LogP contribution in [0.3, 0.4) is 0 Å². The molecule has 6 heteroatoms. The fourth-order valence-corrected chi connectivity index (χ4v) is 3.40. The molecule has 2 aromatic carbocycles. The van der Waals surface area contributed by atoms with Gasteiger partial charge in [0.2, 0.25) is 11.8 Å². The molecule has 1 fully saturated rings. The molecule has 0 unspecified atom stereocenters. The maximum absolute atomic E-state index is 12.4. The molecular weight excluding hydrogens is 362 g/mol. The third-order valence-electron chi connectivity index (χ3n) is 4.85. The van der Waals surface area contributed by atoms with Gasteiger partial charge in [-0.15, -0.1) is 0 Å². The van der Waals surface area contributed by atoms with Crippen molar-refractivity contribution in [3.05, 3.63) is 64.7 Å². The van der Waals surface area contributed by atoms with Crippen LogP contribution in [0.1, 0.15) is 11.1 Å². The van der Waals surface area contributed by atoms with Crippen LogP contribution in [0.25, 0.3) is 0 Å². The number of benzene rings is 2. The zero-order valence-electron chi connectivity index (χ0n) is 15.5. The molecule has 0 aromatic heterocycles. The summed E-state index contributed by atoms with van der Waals surface area (Å²) in [5, 5.41) is 3.46. The first kappa shape index (κ1) is 19.2. The second kappa shape index (κ2) is 8.91. The quantitative estimate of drug-likeness (QED) is 0.860. The van der Waals surface area contributed by atoms with Crippen molar-refractivity contribution >= 4 is 29.1 Å². The summed E-state index contributed by atoms with van der Waals surface area (Å²) in [6, 6.07) is 15.5. The Kier molecular flexibility index (Phi) is 6.35. The predicted octanol–water partition coefficient (Wildman–Crippen LogP) is 2.66. The minimum atomic E-state index is -0.129. The monoisotopic (exact) mass is 385 g/mol. The number of hydrogen-bond acceptors (Lipinski definition) is 3. The fraction of sp³-hybridized carbons (Fsp3) is 0.333. The van der Waals surface area contributed by atoms with Gasteiger partial charge < -0.3 is 15.1 Å². The molecule has 0 bridgehead atoms. The molecule has 3 rings (SSSR count). The zero-order valence-corrected chi connectivity index (χ0v) is 16.2. The second-order valence-corrected chi connectivity index (χ2v) is 7.16. The number of aryl methyl sites for hydroxylation is 1. The molecule has 0 aliphatic carbocycles. The molecular formula is C21H24ClN3O2. The lowest BCUT2D eigenvalue weighted by atomic mass is 10.1. The van der Waals surface area contributed by atoms with Crippen molar-refractivity contribution in [1.82, 2.24) is 10.2 Å². The van der Waals surface area contributed by atoms with Crippen LogP contribution in [0.5, 0.6) is 0 Å². The van der Waals surface area contributed by atoms with Crippen molar-refractivity contribution in [2.75, 3.05) is 37.6 Å². The number of amides is 2. The summed E-state index contributed by atoms with van der Waals surface area (Å²) < 4.78 is 0. The average molecular weight is 386 g/mol. The van der Waals surface area contributed by atoms with Gasteiger partial charge in [-0.2, -0.15) is 0 Å². The van der Waals surface area contributed by atoms with E-state index in [1.54, 1.807) is 4.90 Å². The van der Waals surface area contributed by atoms with Crippen molar-refractivity contribution in [1.29, 1.82) is 0 Å². The highest BCUT2D eigenvalue weighted by Crippen LogP contribution is 2.20. The minimum Gasteiger partial charge on any atom is -0.368 e. The van der Waals surface area contributed by atoms with E-state index in [-0.39, 0.29) is 18.4 Å². The van der Waals surface area contributed by atoms with Crippen molar-refractivity contribution in [2.45, 2.75) is 13.3 Å². The molecule has 1 heterocycles. The van der Waals surface area contributed by atoms with Gasteiger partial charge in [-0.1, -0.05) is 41.9 Å². The normalized spacial score (nSPS) is 14.1. The largest absolute Gasteiger partial charge is 0.368 e. The number of rotatable bonds is 5. The van der Waals surface area contributed by atoms with Gasteiger partial charge in [-0.05, 0) is 36.2 Å². The molecule has 1 N–H and O–H groups in total. The third kappa shape index (κ3) is 5.23. The van der Waals surface area contributed by atoms with Crippen LogP contribution >= 0.6 is 11.6 Å². The highest BCUT2D eigenvalue weighted by molar-refractivity contribution is 6.30. The summed E-state index contributed by atoms with van der Waals surface area (Å²) >= 11 is 6.05. The van der Waals surface area contributed by atoms with Crippen molar-refractivity contribution in [2.24, 2.45) is 0 Å². The first-order valence-corrected chi connectivity index (χ1v) is 9.50. The van der Waals surface area contributed by atoms with Gasteiger partial charge >= 0.3 is 0 Å². The maximum Gasteiger partial charge on any atom is 0.242 e. The van der Waals surface area contributed by atoms with Gasteiger partial charge in [0.15, 0.2) is 0 Å². The van der Waals surface area contributed by atoms with Crippen molar-refractivity contribution < 1.29 is 9.59 Å². The molecule has 0 atom stereocenters. The van der Waals surface area contributed by atoms with Crippen LogP contribution in [0.15, 0.2) is 48.5 Å². The highest BCUT2D eigenvalue weighted by atomic mass is 35.5. The number of hydrogen-bond donors (Lipinski definition) is 1. The first-order valence-electron chi connectivity index (χ1n) is 9.12. The standard InChI is InChI=1S/C21H24ClN3O2/c1-16-5-2-3-6-17(16)13-20(26)23-15-21(27)25-11-9-24(10-12-25)19-8-4-7-18(22)14-19/h2-8,14H,9-13,15H2,1H3,(H,23,26). The van der Waals surface area contributed by atoms with Gasteiger partial charge in [0.05, 0.1) is 13.0 Å². The maximum atomic E-state index is 12.4. The Hall–Kier alpha value is -2.53. The number of carbonyl (C=O) groups is 2. The average Bonchev–Trinajstić information content (AvgIpc) is 2.68. The summed E-state index contributed by atoms with van der Waals surface area (Å²) in [4.78, 5) is 28.5. The number of piperazine rings is 1. The van der Waals surface area contributed by atoms with E-state index < -0.39 is 0 Å². The van der Waals surface area contributed by atoms with E-state index in [9.17, 15) is 9.59 Å². The second-order valence-electron chi connectivity index (χ2n) is 6.73. The summed E-state index contributed by atoms with van der Waals surface area (Å²) in [6.07, 6.45) is 0.294. The molecule has 0 radical (unpaired) electrons. The Balaban J connectivity index is 1.44. The summed E-state index contributed by atoms with van der Waals surface area (Å²) in [5.74, 6) is -0.172. The lowest BCUT2D eigenvalue weighted by Crippen LogP contribution is -2.51. The van der Waals surface area contributed by atoms with Crippen LogP contribution in [0.4, 0.5) is 5.69 Å². The van der Waals surface area contributed by atoms with Crippen LogP contribution in [-0.4, -0.2) is 49.4 Å². The van der Waals surface area contributed by atoms with Crippen LogP contribution in [0, 0.1) is 6.92 Å². The SMILES string of the molecule is Cc1ccccc1CC(=O)NCC(=O)N1CCN(c2cccc(Cl)c2)CC1. The van der Waals surface area contributed by atoms with E-state index in [0.29, 0.717) is 24.5 Å². The Morgan fingerprint density at radius 1 is 1.04 bits per heavy atom. The van der Waals surface area contributed by atoms with Gasteiger partial charge in [-0.3, -0.25) is 9.59 Å². The molecule has 2 amide bonds. The van der Waals surface area contributed by atoms with Crippen molar-refractivity contribution in [3.63, 3.8) is 0 Å². The molecule has 5 nitrogen and oxygen atoms in total. The molecule has 142 valence electrons. The lowest BCUT2D eigenvalue weighted by Gasteiger charge is -2.36. The third-order valence-corrected chi connectivity index (χ3v) is 5.09. The van der Waals surface area contributed by atoms with E-state index >= 15 is 0 Å². The Labute approximate surface area is 164 Å². The number of nitrogens with zero attached hydrogens (tertiary/aromatic N) is 2. The van der Waals surface area contributed by atoms with Crippen LogP contribution < -0.4 is 10.2 Å². The van der Waals surface area contributed by atoms with Crippen LogP contribution in [-0.2, 0) is 16.0 Å². The summed E-state index contributed by atoms with van der Waals surface area (Å²) in [5.41, 5.74) is 3.13. The number of halogens is 1. The van der Waals surface area contributed by atoms with Crippen LogP contribution in [0.2, 0.25) is 5.02 Å². The van der Waals surface area contributed by atoms with Gasteiger partial charge in [0.1, 0.15) is 0 Å². The molecule has 0 saturated carbocycles. The van der Waals surface area contributed by atoms with Gasteiger partial charge in [0.25, 0.3) is 0 Å². The fourth-order valence-electron chi connectivity index (χ4n) is 3.22. The van der Waals surface area contributed by atoms with Crippen molar-refractivity contribution in [3.8, 4) is 0 Å².